The van der Waals surface area contributed by atoms with Gasteiger partial charge < -0.3 is 0 Å². The minimum Gasteiger partial charge on any atom is -0.0760 e. The SMILES string of the molecule is CC1(C)c2ccccc2-c2c1cc(-c1c3ccccc3c(-c3ccc4c5c(c6ccccc6c4c3)C3C(C=C5)c4ccccc4[Si]3(C)C)c3ccccc13)c1ccccc21. The highest BCUT2D eigenvalue weighted by Crippen LogP contribution is 2.56. The molecule has 0 nitrogen and oxygen atoms in total. The molecule has 1 heterocycles. The lowest BCUT2D eigenvalue weighted by molar-refractivity contribution is 0.661. The monoisotopic (exact) mass is 780 g/mol. The molecule has 2 unspecified atom stereocenters. The molecule has 0 saturated carbocycles. The molecule has 0 bridgehead atoms. The van der Waals surface area contributed by atoms with Crippen molar-refractivity contribution in [2.75, 3.05) is 0 Å². The number of fused-ring (bicyclic) bond motifs is 17. The molecule has 0 radical (unpaired) electrons. The lowest BCUT2D eigenvalue weighted by Crippen LogP contribution is -2.44. The summed E-state index contributed by atoms with van der Waals surface area (Å²) in [6.07, 6.45) is 5.01. The Balaban J connectivity index is 1.08. The second kappa shape index (κ2) is 12.0. The third kappa shape index (κ3) is 4.35. The number of allylic oxidation sites excluding steroid dienone is 1. The Morgan fingerprint density at radius 2 is 1.00 bits per heavy atom. The van der Waals surface area contributed by atoms with Crippen molar-refractivity contribution in [3.8, 4) is 33.4 Å². The normalized spacial score (nSPS) is 17.9. The van der Waals surface area contributed by atoms with Crippen LogP contribution in [0.4, 0.5) is 0 Å². The summed E-state index contributed by atoms with van der Waals surface area (Å²) in [7, 11) is -1.84. The van der Waals surface area contributed by atoms with E-state index in [9.17, 15) is 0 Å². The van der Waals surface area contributed by atoms with E-state index in [-0.39, 0.29) is 5.41 Å². The van der Waals surface area contributed by atoms with E-state index >= 15 is 0 Å². The number of hydrogen-bond acceptors (Lipinski definition) is 0. The van der Waals surface area contributed by atoms with Crippen molar-refractivity contribution in [3.05, 3.63) is 204 Å². The van der Waals surface area contributed by atoms with Gasteiger partial charge in [-0.05, 0) is 133 Å². The van der Waals surface area contributed by atoms with Crippen molar-refractivity contribution in [2.45, 2.75) is 43.8 Å². The van der Waals surface area contributed by atoms with Crippen molar-refractivity contribution in [3.63, 3.8) is 0 Å². The minimum absolute atomic E-state index is 0.112. The predicted molar refractivity (Wildman–Crippen MR) is 260 cm³/mol. The molecule has 0 aromatic heterocycles. The molecule has 2 aliphatic carbocycles. The van der Waals surface area contributed by atoms with Crippen LogP contribution in [0.3, 0.4) is 0 Å². The first-order valence-electron chi connectivity index (χ1n) is 21.7. The van der Waals surface area contributed by atoms with Crippen LogP contribution in [0.1, 0.15) is 53.1 Å². The van der Waals surface area contributed by atoms with Gasteiger partial charge in [0.05, 0.1) is 8.07 Å². The summed E-state index contributed by atoms with van der Waals surface area (Å²) in [5.41, 5.74) is 15.7. The first kappa shape index (κ1) is 34.3. The lowest BCUT2D eigenvalue weighted by Gasteiger charge is -2.35. The average Bonchev–Trinajstić information content (AvgIpc) is 3.67. The van der Waals surface area contributed by atoms with E-state index in [2.05, 4.69) is 209 Å². The molecule has 0 N–H and O–H groups in total. The fourth-order valence-corrected chi connectivity index (χ4v) is 16.6. The quantitative estimate of drug-likeness (QED) is 0.0931. The summed E-state index contributed by atoms with van der Waals surface area (Å²) in [6.45, 7) is 10.0. The van der Waals surface area contributed by atoms with Crippen LogP contribution in [0, 0.1) is 0 Å². The van der Waals surface area contributed by atoms with Gasteiger partial charge in [-0.1, -0.05) is 202 Å². The highest BCUT2D eigenvalue weighted by atomic mass is 28.3. The second-order valence-electron chi connectivity index (χ2n) is 18.7. The molecular weight excluding hydrogens is 737 g/mol. The van der Waals surface area contributed by atoms with E-state index < -0.39 is 8.07 Å². The molecule has 284 valence electrons. The summed E-state index contributed by atoms with van der Waals surface area (Å²) >= 11 is 0. The number of rotatable bonds is 2. The first-order chi connectivity index (χ1) is 29.3. The fraction of sp³-hybridized carbons (Fsp3) is 0.119. The molecule has 1 aliphatic heterocycles. The highest BCUT2D eigenvalue weighted by molar-refractivity contribution is 6.92. The molecule has 13 rings (SSSR count). The molecule has 10 aromatic rings. The first-order valence-corrected chi connectivity index (χ1v) is 24.8. The Bertz CT molecular complexity index is 3500. The van der Waals surface area contributed by atoms with E-state index in [1.54, 1.807) is 16.3 Å². The van der Waals surface area contributed by atoms with Crippen molar-refractivity contribution in [2.24, 2.45) is 0 Å². The molecule has 0 saturated heterocycles. The van der Waals surface area contributed by atoms with Gasteiger partial charge in [-0.25, -0.2) is 0 Å². The van der Waals surface area contributed by atoms with E-state index in [1.165, 1.54) is 104 Å². The predicted octanol–water partition coefficient (Wildman–Crippen LogP) is 15.5. The summed E-state index contributed by atoms with van der Waals surface area (Å²) in [5, 5.41) is 14.9. The van der Waals surface area contributed by atoms with Gasteiger partial charge in [0.1, 0.15) is 0 Å². The van der Waals surface area contributed by atoms with Crippen LogP contribution in [0.15, 0.2) is 176 Å². The third-order valence-electron chi connectivity index (χ3n) is 15.1. The van der Waals surface area contributed by atoms with E-state index in [1.807, 2.05) is 0 Å². The van der Waals surface area contributed by atoms with Gasteiger partial charge in [0.25, 0.3) is 0 Å². The maximum absolute atomic E-state index is 2.60. The van der Waals surface area contributed by atoms with Crippen LogP contribution in [0.5, 0.6) is 0 Å². The van der Waals surface area contributed by atoms with Crippen molar-refractivity contribution >= 4 is 73.2 Å². The number of benzene rings is 10. The highest BCUT2D eigenvalue weighted by Gasteiger charge is 2.50. The minimum atomic E-state index is -1.84. The zero-order valence-electron chi connectivity index (χ0n) is 34.5. The summed E-state index contributed by atoms with van der Waals surface area (Å²) in [6, 6.07) is 65.0. The van der Waals surface area contributed by atoms with Gasteiger partial charge in [-0.15, -0.1) is 0 Å². The van der Waals surface area contributed by atoms with Gasteiger partial charge in [0.15, 0.2) is 0 Å². The molecule has 0 amide bonds. The molecular formula is C59H44Si. The molecule has 10 aromatic carbocycles. The van der Waals surface area contributed by atoms with Gasteiger partial charge in [-0.2, -0.15) is 0 Å². The summed E-state index contributed by atoms with van der Waals surface area (Å²) in [4.78, 5) is 0. The fourth-order valence-electron chi connectivity index (χ4n) is 12.5. The Hall–Kier alpha value is -6.54. The van der Waals surface area contributed by atoms with Gasteiger partial charge >= 0.3 is 0 Å². The Labute approximate surface area is 352 Å². The van der Waals surface area contributed by atoms with Gasteiger partial charge in [0, 0.05) is 11.3 Å². The van der Waals surface area contributed by atoms with Crippen LogP contribution in [0.2, 0.25) is 13.1 Å². The van der Waals surface area contributed by atoms with Crippen LogP contribution in [-0.2, 0) is 5.41 Å². The molecule has 2 atom stereocenters. The largest absolute Gasteiger partial charge is 0.0893 e. The van der Waals surface area contributed by atoms with Crippen molar-refractivity contribution < 1.29 is 0 Å². The van der Waals surface area contributed by atoms with Crippen LogP contribution in [0.25, 0.3) is 93.3 Å². The molecule has 60 heavy (non-hydrogen) atoms. The number of hydrogen-bond donors (Lipinski definition) is 0. The topological polar surface area (TPSA) is 0 Å². The van der Waals surface area contributed by atoms with Crippen LogP contribution >= 0.6 is 0 Å². The third-order valence-corrected chi connectivity index (χ3v) is 19.2. The summed E-state index contributed by atoms with van der Waals surface area (Å²) in [5.74, 6) is 0.441. The smallest absolute Gasteiger partial charge is 0.0760 e. The van der Waals surface area contributed by atoms with Gasteiger partial charge in [0.2, 0.25) is 0 Å². The molecule has 0 spiro atoms. The second-order valence-corrected chi connectivity index (χ2v) is 23.3. The average molecular weight is 781 g/mol. The lowest BCUT2D eigenvalue weighted by atomic mass is 9.78. The molecule has 3 aliphatic rings. The van der Waals surface area contributed by atoms with Crippen molar-refractivity contribution in [1.82, 2.24) is 0 Å². The Kier molecular flexibility index (Phi) is 6.88. The van der Waals surface area contributed by atoms with Crippen LogP contribution in [-0.4, -0.2) is 8.07 Å². The summed E-state index contributed by atoms with van der Waals surface area (Å²) < 4.78 is 0. The zero-order chi connectivity index (χ0) is 40.1. The Morgan fingerprint density at radius 1 is 0.433 bits per heavy atom. The standard InChI is InChI=1S/C59H44Si/c1-59(2)51-27-15-13-26-48(51)56-40-20-7-6-18-37(40)50(34-52(56)59)55-44-24-11-9-22-42(44)54(43-23-10-12-25-45(43)55)35-29-30-38-46-31-32-47-39-19-14-16-28-53(39)60(3,4)58(47)57(46)41-21-8-5-17-36(41)49(38)33-35/h5-34,47,58H,1-4H3. The maximum Gasteiger partial charge on any atom is 0.0893 e. The molecule has 0 fully saturated rings. The van der Waals surface area contributed by atoms with Crippen LogP contribution < -0.4 is 5.19 Å². The zero-order valence-corrected chi connectivity index (χ0v) is 35.5. The van der Waals surface area contributed by atoms with E-state index in [0.29, 0.717) is 11.5 Å². The van der Waals surface area contributed by atoms with E-state index in [4.69, 9.17) is 0 Å². The van der Waals surface area contributed by atoms with E-state index in [0.717, 1.165) is 0 Å². The Morgan fingerprint density at radius 3 is 1.72 bits per heavy atom. The maximum atomic E-state index is 2.60. The molecule has 1 heteroatoms. The van der Waals surface area contributed by atoms with Gasteiger partial charge in [-0.3, -0.25) is 0 Å². The van der Waals surface area contributed by atoms with Crippen molar-refractivity contribution in [1.29, 1.82) is 0 Å².